The van der Waals surface area contributed by atoms with Gasteiger partial charge in [0, 0.05) is 23.9 Å². The first-order chi connectivity index (χ1) is 17.6. The van der Waals surface area contributed by atoms with Crippen molar-refractivity contribution in [2.45, 2.75) is 58.9 Å². The van der Waals surface area contributed by atoms with E-state index in [-0.39, 0.29) is 12.3 Å². The summed E-state index contributed by atoms with van der Waals surface area (Å²) in [5.74, 6) is -1.34. The second-order valence-electron chi connectivity index (χ2n) is 10.1. The largest absolute Gasteiger partial charge is 0.494 e. The van der Waals surface area contributed by atoms with Crippen LogP contribution in [0.1, 0.15) is 52.0 Å². The topological polar surface area (TPSA) is 117 Å². The van der Waals surface area contributed by atoms with Gasteiger partial charge in [0.15, 0.2) is 0 Å². The predicted octanol–water partition coefficient (Wildman–Crippen LogP) is 4.29. The first-order valence-corrected chi connectivity index (χ1v) is 12.9. The molecule has 0 heterocycles. The van der Waals surface area contributed by atoms with E-state index >= 15 is 0 Å². The van der Waals surface area contributed by atoms with Crippen molar-refractivity contribution in [3.8, 4) is 5.75 Å². The number of benzene rings is 2. The highest BCUT2D eigenvalue weighted by Gasteiger charge is 2.34. The lowest BCUT2D eigenvalue weighted by Crippen LogP contribution is -2.55. The molecule has 0 aliphatic rings. The fraction of sp³-hybridized carbons (Fsp3) is 0.464. The Hall–Kier alpha value is -3.10. The van der Waals surface area contributed by atoms with Gasteiger partial charge in [-0.2, -0.15) is 0 Å². The van der Waals surface area contributed by atoms with E-state index in [1.807, 2.05) is 51.1 Å². The molecular weight excluding hydrogens is 494 g/mol. The molecule has 9 heteroatoms. The highest BCUT2D eigenvalue weighted by molar-refractivity contribution is 6.30. The molecule has 0 radical (unpaired) electrons. The molecule has 2 aromatic rings. The van der Waals surface area contributed by atoms with Crippen molar-refractivity contribution in [2.24, 2.45) is 11.3 Å². The molecule has 2 rings (SSSR count). The van der Waals surface area contributed by atoms with Gasteiger partial charge < -0.3 is 15.4 Å². The molecule has 0 aliphatic carbocycles. The Balaban J connectivity index is 1.92. The maximum Gasteiger partial charge on any atom is 0.244 e. The average Bonchev–Trinajstić information content (AvgIpc) is 2.87. The lowest BCUT2D eigenvalue weighted by molar-refractivity contribution is -0.137. The van der Waals surface area contributed by atoms with Gasteiger partial charge in [-0.3, -0.25) is 19.6 Å². The normalized spacial score (nSPS) is 12.8. The number of amides is 3. The van der Waals surface area contributed by atoms with Crippen LogP contribution < -0.4 is 20.9 Å². The van der Waals surface area contributed by atoms with E-state index in [4.69, 9.17) is 21.5 Å². The number of carbonyl (C=O) groups is 3. The van der Waals surface area contributed by atoms with Gasteiger partial charge in [-0.05, 0) is 60.9 Å². The lowest BCUT2D eigenvalue weighted by atomic mass is 9.85. The fourth-order valence-corrected chi connectivity index (χ4v) is 3.95. The molecule has 0 saturated heterocycles. The van der Waals surface area contributed by atoms with Crippen molar-refractivity contribution in [3.63, 3.8) is 0 Å². The monoisotopic (exact) mass is 531 g/mol. The zero-order valence-corrected chi connectivity index (χ0v) is 22.5. The van der Waals surface area contributed by atoms with E-state index in [0.717, 1.165) is 5.56 Å². The van der Waals surface area contributed by atoms with Crippen LogP contribution in [-0.2, 0) is 20.8 Å². The van der Waals surface area contributed by atoms with Crippen molar-refractivity contribution in [1.29, 1.82) is 0 Å². The number of hydrogen-bond acceptors (Lipinski definition) is 5. The standard InChI is InChI=1S/C28H38ClN3O5/c1-28(2,3)25(27(35)30-17-16-20-9-5-4-6-10-20)31-26(34)21(19-24(33)32-36)11-7-8-18-37-23-14-12-22(29)13-15-23/h4-6,9-10,12-15,21,25,36H,7-8,11,16-19H2,1-3H3,(H,30,35)(H,31,34)(H,32,33)/t21-,25-/m1/s1. The summed E-state index contributed by atoms with van der Waals surface area (Å²) in [5.41, 5.74) is 2.15. The minimum Gasteiger partial charge on any atom is -0.494 e. The summed E-state index contributed by atoms with van der Waals surface area (Å²) in [7, 11) is 0. The molecule has 0 aliphatic heterocycles. The van der Waals surface area contributed by atoms with Gasteiger partial charge in [-0.1, -0.05) is 62.7 Å². The van der Waals surface area contributed by atoms with Crippen molar-refractivity contribution in [1.82, 2.24) is 16.1 Å². The summed E-state index contributed by atoms with van der Waals surface area (Å²) < 4.78 is 5.68. The first-order valence-electron chi connectivity index (χ1n) is 12.5. The van der Waals surface area contributed by atoms with Crippen molar-refractivity contribution in [2.75, 3.05) is 13.2 Å². The number of halogens is 1. The molecule has 3 amide bonds. The highest BCUT2D eigenvalue weighted by Crippen LogP contribution is 2.22. The van der Waals surface area contributed by atoms with Gasteiger partial charge in [0.25, 0.3) is 0 Å². The van der Waals surface area contributed by atoms with E-state index in [2.05, 4.69) is 10.6 Å². The van der Waals surface area contributed by atoms with E-state index in [1.54, 1.807) is 29.7 Å². The Labute approximate surface area is 224 Å². The third-order valence-electron chi connectivity index (χ3n) is 5.93. The Kier molecular flexibility index (Phi) is 12.4. The quantitative estimate of drug-likeness (QED) is 0.165. The molecule has 0 unspecified atom stereocenters. The summed E-state index contributed by atoms with van der Waals surface area (Å²) >= 11 is 5.88. The van der Waals surface area contributed by atoms with Gasteiger partial charge in [-0.25, -0.2) is 5.48 Å². The maximum absolute atomic E-state index is 13.2. The molecule has 2 aromatic carbocycles. The number of hydrogen-bond donors (Lipinski definition) is 4. The van der Waals surface area contributed by atoms with Crippen LogP contribution in [-0.4, -0.2) is 42.1 Å². The molecule has 0 aromatic heterocycles. The predicted molar refractivity (Wildman–Crippen MR) is 143 cm³/mol. The number of nitrogens with one attached hydrogen (secondary N) is 3. The van der Waals surface area contributed by atoms with Crippen LogP contribution >= 0.6 is 11.6 Å². The number of unbranched alkanes of at least 4 members (excludes halogenated alkanes) is 1. The van der Waals surface area contributed by atoms with Gasteiger partial charge in [-0.15, -0.1) is 0 Å². The van der Waals surface area contributed by atoms with Gasteiger partial charge in [0.1, 0.15) is 11.8 Å². The molecule has 8 nitrogen and oxygen atoms in total. The van der Waals surface area contributed by atoms with Crippen molar-refractivity contribution < 1.29 is 24.3 Å². The van der Waals surface area contributed by atoms with Crippen LogP contribution in [0, 0.1) is 11.3 Å². The Morgan fingerprint density at radius 2 is 1.65 bits per heavy atom. The van der Waals surface area contributed by atoms with Gasteiger partial charge >= 0.3 is 0 Å². The Morgan fingerprint density at radius 3 is 2.27 bits per heavy atom. The minimum atomic E-state index is -0.788. The van der Waals surface area contributed by atoms with E-state index in [9.17, 15) is 14.4 Å². The van der Waals surface area contributed by atoms with Crippen molar-refractivity contribution >= 4 is 29.3 Å². The summed E-state index contributed by atoms with van der Waals surface area (Å²) in [6.45, 7) is 6.50. The van der Waals surface area contributed by atoms with Crippen LogP contribution in [0.4, 0.5) is 0 Å². The maximum atomic E-state index is 13.2. The number of ether oxygens (including phenoxy) is 1. The smallest absolute Gasteiger partial charge is 0.244 e. The van der Waals surface area contributed by atoms with Crippen LogP contribution in [0.25, 0.3) is 0 Å². The number of hydroxylamine groups is 1. The van der Waals surface area contributed by atoms with Gasteiger partial charge in [0.05, 0.1) is 6.61 Å². The number of carbonyl (C=O) groups excluding carboxylic acids is 3. The average molecular weight is 532 g/mol. The molecule has 0 spiro atoms. The lowest BCUT2D eigenvalue weighted by Gasteiger charge is -2.31. The Bertz CT molecular complexity index is 993. The first kappa shape index (κ1) is 30.1. The number of rotatable bonds is 14. The summed E-state index contributed by atoms with van der Waals surface area (Å²) in [6, 6.07) is 16.1. The van der Waals surface area contributed by atoms with E-state index < -0.39 is 29.2 Å². The summed E-state index contributed by atoms with van der Waals surface area (Å²) in [6.07, 6.45) is 2.17. The Morgan fingerprint density at radius 1 is 0.973 bits per heavy atom. The second-order valence-corrected chi connectivity index (χ2v) is 10.5. The molecule has 37 heavy (non-hydrogen) atoms. The zero-order valence-electron chi connectivity index (χ0n) is 21.8. The SMILES string of the molecule is CC(C)(C)[C@H](NC(=O)[C@H](CCCCOc1ccc(Cl)cc1)CC(=O)NO)C(=O)NCCc1ccccc1. The molecule has 4 N–H and O–H groups in total. The zero-order chi connectivity index (χ0) is 27.3. The molecule has 0 saturated carbocycles. The van der Waals surface area contributed by atoms with E-state index in [1.165, 1.54) is 0 Å². The van der Waals surface area contributed by atoms with Gasteiger partial charge in [0.2, 0.25) is 17.7 Å². The van der Waals surface area contributed by atoms with Crippen molar-refractivity contribution in [3.05, 3.63) is 65.2 Å². The highest BCUT2D eigenvalue weighted by atomic mass is 35.5. The molecule has 2 atom stereocenters. The van der Waals surface area contributed by atoms with Crippen LogP contribution in [0.5, 0.6) is 5.75 Å². The van der Waals surface area contributed by atoms with Crippen LogP contribution in [0.15, 0.2) is 54.6 Å². The van der Waals surface area contributed by atoms with Crippen LogP contribution in [0.3, 0.4) is 0 Å². The summed E-state index contributed by atoms with van der Waals surface area (Å²) in [4.78, 5) is 38.0. The van der Waals surface area contributed by atoms with Crippen LogP contribution in [0.2, 0.25) is 5.02 Å². The third-order valence-corrected chi connectivity index (χ3v) is 6.18. The minimum absolute atomic E-state index is 0.188. The van der Waals surface area contributed by atoms with E-state index in [0.29, 0.717) is 49.6 Å². The summed E-state index contributed by atoms with van der Waals surface area (Å²) in [5, 5.41) is 15.4. The molecular formula is C28H38ClN3O5. The third kappa shape index (κ3) is 11.2. The second kappa shape index (κ2) is 15.2. The fourth-order valence-electron chi connectivity index (χ4n) is 3.82. The molecule has 0 bridgehead atoms. The molecule has 202 valence electrons. The molecule has 0 fully saturated rings.